The van der Waals surface area contributed by atoms with Crippen molar-refractivity contribution < 1.29 is 0 Å². The van der Waals surface area contributed by atoms with Crippen molar-refractivity contribution in [1.29, 1.82) is 5.26 Å². The summed E-state index contributed by atoms with van der Waals surface area (Å²) >= 11 is 0. The summed E-state index contributed by atoms with van der Waals surface area (Å²) < 4.78 is 0. The molecule has 0 aromatic carbocycles. The molecule has 3 nitrogen and oxygen atoms in total. The summed E-state index contributed by atoms with van der Waals surface area (Å²) in [5, 5.41) is 9.14. The van der Waals surface area contributed by atoms with Gasteiger partial charge in [0.2, 0.25) is 0 Å². The van der Waals surface area contributed by atoms with E-state index in [2.05, 4.69) is 16.0 Å². The predicted molar refractivity (Wildman–Crippen MR) is 71.3 cm³/mol. The van der Waals surface area contributed by atoms with Crippen molar-refractivity contribution in [3.8, 4) is 6.07 Å². The average molecular weight is 241 g/mol. The lowest BCUT2D eigenvalue weighted by atomic mass is 9.77. The number of rotatable bonds is 1. The molecule has 2 heterocycles. The number of nitriles is 1. The van der Waals surface area contributed by atoms with E-state index in [4.69, 9.17) is 5.26 Å². The molecule has 94 valence electrons. The number of nitrogens with zero attached hydrogens (tertiary/aromatic N) is 3. The van der Waals surface area contributed by atoms with Crippen molar-refractivity contribution in [3.05, 3.63) is 23.9 Å². The Balaban J connectivity index is 1.74. The first-order chi connectivity index (χ1) is 8.83. The van der Waals surface area contributed by atoms with Gasteiger partial charge in [0.1, 0.15) is 11.9 Å². The lowest BCUT2D eigenvalue weighted by molar-refractivity contribution is 0.226. The van der Waals surface area contributed by atoms with E-state index in [1.807, 2.05) is 12.1 Å². The highest BCUT2D eigenvalue weighted by atomic mass is 15.2. The summed E-state index contributed by atoms with van der Waals surface area (Å²) in [4.78, 5) is 6.69. The summed E-state index contributed by atoms with van der Waals surface area (Å²) in [6, 6.07) is 5.95. The Labute approximate surface area is 108 Å². The third-order valence-electron chi connectivity index (χ3n) is 4.69. The van der Waals surface area contributed by atoms with Gasteiger partial charge in [-0.15, -0.1) is 0 Å². The largest absolute Gasteiger partial charge is 0.355 e. The Morgan fingerprint density at radius 1 is 1.17 bits per heavy atom. The summed E-state index contributed by atoms with van der Waals surface area (Å²) in [5.74, 6) is 0.882. The highest BCUT2D eigenvalue weighted by molar-refractivity contribution is 5.53. The van der Waals surface area contributed by atoms with Crippen LogP contribution in [0.2, 0.25) is 0 Å². The van der Waals surface area contributed by atoms with Crippen LogP contribution in [-0.4, -0.2) is 18.1 Å². The smallest absolute Gasteiger partial charge is 0.146 e. The van der Waals surface area contributed by atoms with E-state index in [-0.39, 0.29) is 0 Å². The Morgan fingerprint density at radius 3 is 2.56 bits per heavy atom. The van der Waals surface area contributed by atoms with E-state index in [0.29, 0.717) is 11.0 Å². The minimum Gasteiger partial charge on any atom is -0.355 e. The fraction of sp³-hybridized carbons (Fsp3) is 0.600. The number of piperidine rings is 1. The minimum absolute atomic E-state index is 0.623. The zero-order valence-corrected chi connectivity index (χ0v) is 10.7. The normalized spacial score (nSPS) is 22.1. The van der Waals surface area contributed by atoms with Gasteiger partial charge < -0.3 is 4.90 Å². The maximum Gasteiger partial charge on any atom is 0.146 e. The third-order valence-corrected chi connectivity index (χ3v) is 4.69. The van der Waals surface area contributed by atoms with Crippen LogP contribution < -0.4 is 4.90 Å². The van der Waals surface area contributed by atoms with E-state index in [9.17, 15) is 0 Å². The van der Waals surface area contributed by atoms with Crippen molar-refractivity contribution in [2.24, 2.45) is 5.41 Å². The van der Waals surface area contributed by atoms with Crippen LogP contribution in [0.3, 0.4) is 0 Å². The molecule has 2 aliphatic rings. The van der Waals surface area contributed by atoms with E-state index >= 15 is 0 Å². The van der Waals surface area contributed by atoms with Gasteiger partial charge in [-0.2, -0.15) is 5.26 Å². The van der Waals surface area contributed by atoms with Gasteiger partial charge in [-0.05, 0) is 43.2 Å². The molecule has 0 radical (unpaired) electrons. The minimum atomic E-state index is 0.623. The van der Waals surface area contributed by atoms with Gasteiger partial charge in [-0.1, -0.05) is 12.8 Å². The predicted octanol–water partition coefficient (Wildman–Crippen LogP) is 3.11. The molecule has 0 N–H and O–H groups in total. The monoisotopic (exact) mass is 241 g/mol. The van der Waals surface area contributed by atoms with Crippen LogP contribution in [0, 0.1) is 16.7 Å². The molecule has 0 bridgehead atoms. The molecule has 1 saturated heterocycles. The summed E-state index contributed by atoms with van der Waals surface area (Å²) in [6.45, 7) is 2.12. The van der Waals surface area contributed by atoms with Gasteiger partial charge in [0.15, 0.2) is 0 Å². The van der Waals surface area contributed by atoms with Crippen LogP contribution >= 0.6 is 0 Å². The third kappa shape index (κ3) is 1.96. The number of hydrogen-bond acceptors (Lipinski definition) is 3. The molecule has 1 aliphatic carbocycles. The van der Waals surface area contributed by atoms with Crippen LogP contribution in [0.1, 0.15) is 44.1 Å². The van der Waals surface area contributed by atoms with E-state index in [1.54, 1.807) is 6.20 Å². The van der Waals surface area contributed by atoms with Crippen LogP contribution in [0.25, 0.3) is 0 Å². The molecule has 3 rings (SSSR count). The Bertz CT molecular complexity index is 459. The highest BCUT2D eigenvalue weighted by Gasteiger charge is 2.37. The number of anilines is 1. The molecule has 0 amide bonds. The number of aromatic nitrogens is 1. The number of hydrogen-bond donors (Lipinski definition) is 0. The van der Waals surface area contributed by atoms with Gasteiger partial charge in [0, 0.05) is 19.3 Å². The second-order valence-corrected chi connectivity index (χ2v) is 5.68. The maximum atomic E-state index is 9.14. The first-order valence-electron chi connectivity index (χ1n) is 6.93. The first-order valence-corrected chi connectivity index (χ1v) is 6.93. The molecule has 1 aromatic heterocycles. The first kappa shape index (κ1) is 11.5. The van der Waals surface area contributed by atoms with Gasteiger partial charge in [-0.25, -0.2) is 4.98 Å². The van der Waals surface area contributed by atoms with Gasteiger partial charge in [0.25, 0.3) is 0 Å². The molecule has 18 heavy (non-hydrogen) atoms. The molecule has 0 unspecified atom stereocenters. The van der Waals surface area contributed by atoms with Crippen molar-refractivity contribution in [1.82, 2.24) is 4.98 Å². The molecular weight excluding hydrogens is 222 g/mol. The SMILES string of the molecule is N#Cc1cccnc1N1CCC2(CCCC2)CC1. The summed E-state index contributed by atoms with van der Waals surface area (Å²) in [5.41, 5.74) is 1.33. The maximum absolute atomic E-state index is 9.14. The molecule has 2 fully saturated rings. The average Bonchev–Trinajstić information content (AvgIpc) is 2.88. The lowest BCUT2D eigenvalue weighted by Crippen LogP contribution is -2.39. The Morgan fingerprint density at radius 2 is 1.89 bits per heavy atom. The van der Waals surface area contributed by atoms with Crippen LogP contribution in [0.15, 0.2) is 18.3 Å². The van der Waals surface area contributed by atoms with Gasteiger partial charge in [-0.3, -0.25) is 0 Å². The topological polar surface area (TPSA) is 39.9 Å². The molecular formula is C15H19N3. The van der Waals surface area contributed by atoms with Crippen LogP contribution in [0.4, 0.5) is 5.82 Å². The van der Waals surface area contributed by atoms with Crippen LogP contribution in [0.5, 0.6) is 0 Å². The second-order valence-electron chi connectivity index (χ2n) is 5.68. The van der Waals surface area contributed by atoms with E-state index in [1.165, 1.54) is 38.5 Å². The summed E-state index contributed by atoms with van der Waals surface area (Å²) in [6.07, 6.45) is 9.97. The van der Waals surface area contributed by atoms with Gasteiger partial charge >= 0.3 is 0 Å². The fourth-order valence-electron chi connectivity index (χ4n) is 3.55. The highest BCUT2D eigenvalue weighted by Crippen LogP contribution is 2.46. The van der Waals surface area contributed by atoms with E-state index < -0.39 is 0 Å². The van der Waals surface area contributed by atoms with Gasteiger partial charge in [0.05, 0.1) is 5.56 Å². The Hall–Kier alpha value is -1.56. The summed E-state index contributed by atoms with van der Waals surface area (Å²) in [7, 11) is 0. The van der Waals surface area contributed by atoms with Crippen molar-refractivity contribution in [3.63, 3.8) is 0 Å². The Kier molecular flexibility index (Phi) is 2.95. The number of pyridine rings is 1. The molecule has 1 spiro atoms. The molecule has 3 heteroatoms. The van der Waals surface area contributed by atoms with Crippen molar-refractivity contribution in [2.45, 2.75) is 38.5 Å². The van der Waals surface area contributed by atoms with Crippen molar-refractivity contribution in [2.75, 3.05) is 18.0 Å². The zero-order chi connectivity index (χ0) is 12.4. The lowest BCUT2D eigenvalue weighted by Gasteiger charge is -2.40. The molecule has 1 saturated carbocycles. The standard InChI is InChI=1S/C15H19N3/c16-12-13-4-3-9-17-14(13)18-10-7-15(8-11-18)5-1-2-6-15/h3-4,9H,1-2,5-8,10-11H2. The van der Waals surface area contributed by atoms with Crippen LogP contribution in [-0.2, 0) is 0 Å². The molecule has 1 aromatic rings. The quantitative estimate of drug-likeness (QED) is 0.758. The zero-order valence-electron chi connectivity index (χ0n) is 10.7. The van der Waals surface area contributed by atoms with Crippen molar-refractivity contribution >= 4 is 5.82 Å². The molecule has 0 atom stereocenters. The van der Waals surface area contributed by atoms with E-state index in [0.717, 1.165) is 18.9 Å². The fourth-order valence-corrected chi connectivity index (χ4v) is 3.55. The molecule has 1 aliphatic heterocycles. The second kappa shape index (κ2) is 4.61.